The van der Waals surface area contributed by atoms with Crippen LogP contribution in [0.5, 0.6) is 0 Å². The lowest BCUT2D eigenvalue weighted by molar-refractivity contribution is -0.0114. The average molecular weight is 358 g/mol. The number of aromatic nitrogens is 2. The van der Waals surface area contributed by atoms with Gasteiger partial charge in [-0.2, -0.15) is 5.10 Å². The molecular formula is C20H31N5O. The predicted molar refractivity (Wildman–Crippen MR) is 102 cm³/mol. The van der Waals surface area contributed by atoms with Crippen LogP contribution in [0.3, 0.4) is 0 Å². The Morgan fingerprint density at radius 3 is 2.88 bits per heavy atom. The third kappa shape index (κ3) is 3.04. The number of amides is 2. The van der Waals surface area contributed by atoms with Crippen molar-refractivity contribution in [3.05, 3.63) is 29.1 Å². The molecule has 1 saturated carbocycles. The summed E-state index contributed by atoms with van der Waals surface area (Å²) < 4.78 is 2.10. The van der Waals surface area contributed by atoms with Crippen molar-refractivity contribution in [3.63, 3.8) is 0 Å². The first-order valence-electron chi connectivity index (χ1n) is 9.76. The van der Waals surface area contributed by atoms with Crippen LogP contribution in [0.25, 0.3) is 0 Å². The first-order valence-corrected chi connectivity index (χ1v) is 9.76. The van der Waals surface area contributed by atoms with Crippen molar-refractivity contribution in [2.24, 2.45) is 17.3 Å². The number of carbonyl (C=O) groups is 1. The molecule has 26 heavy (non-hydrogen) atoms. The minimum absolute atomic E-state index is 0.0803. The molecule has 1 aliphatic heterocycles. The molecule has 2 bridgehead atoms. The van der Waals surface area contributed by atoms with Gasteiger partial charge in [0, 0.05) is 33.7 Å². The van der Waals surface area contributed by atoms with E-state index in [1.54, 1.807) is 24.6 Å². The normalized spacial score (nSPS) is 26.5. The molecule has 1 fully saturated rings. The fourth-order valence-electron chi connectivity index (χ4n) is 4.84. The number of allylic oxidation sites excluding steroid dienone is 1. The highest BCUT2D eigenvalue weighted by Crippen LogP contribution is 2.59. The topological polar surface area (TPSA) is 53.4 Å². The molecule has 2 heterocycles. The molecule has 6 nitrogen and oxygen atoms in total. The number of hydrogen-bond donors (Lipinski definition) is 1. The summed E-state index contributed by atoms with van der Waals surface area (Å²) in [4.78, 5) is 15.8. The van der Waals surface area contributed by atoms with Crippen molar-refractivity contribution in [2.45, 2.75) is 46.3 Å². The first-order chi connectivity index (χ1) is 12.3. The smallest absolute Gasteiger partial charge is 0.317 e. The summed E-state index contributed by atoms with van der Waals surface area (Å²) in [6.45, 7) is 9.39. The van der Waals surface area contributed by atoms with E-state index in [1.807, 2.05) is 0 Å². The van der Waals surface area contributed by atoms with Gasteiger partial charge in [0.1, 0.15) is 0 Å². The number of nitrogens with one attached hydrogen (secondary N) is 1. The Morgan fingerprint density at radius 1 is 1.38 bits per heavy atom. The Bertz CT molecular complexity index is 733. The van der Waals surface area contributed by atoms with Gasteiger partial charge in [-0.1, -0.05) is 25.5 Å². The van der Waals surface area contributed by atoms with Gasteiger partial charge < -0.3 is 10.2 Å². The molecule has 0 unspecified atom stereocenters. The van der Waals surface area contributed by atoms with Crippen LogP contribution < -0.4 is 5.32 Å². The molecule has 6 heteroatoms. The van der Waals surface area contributed by atoms with Crippen LogP contribution in [0.4, 0.5) is 4.79 Å². The maximum atomic E-state index is 11.7. The zero-order valence-electron chi connectivity index (χ0n) is 16.5. The molecule has 1 aromatic rings. The predicted octanol–water partition coefficient (Wildman–Crippen LogP) is 2.46. The molecule has 142 valence electrons. The van der Waals surface area contributed by atoms with Gasteiger partial charge in [0.2, 0.25) is 0 Å². The molecular weight excluding hydrogens is 326 g/mol. The maximum absolute atomic E-state index is 11.7. The fourth-order valence-corrected chi connectivity index (χ4v) is 4.84. The lowest BCUT2D eigenvalue weighted by Crippen LogP contribution is -2.50. The zero-order chi connectivity index (χ0) is 18.5. The van der Waals surface area contributed by atoms with Crippen molar-refractivity contribution in [1.82, 2.24) is 24.9 Å². The summed E-state index contributed by atoms with van der Waals surface area (Å²) in [5.41, 5.74) is 4.35. The second-order valence-corrected chi connectivity index (χ2v) is 8.94. The summed E-state index contributed by atoms with van der Waals surface area (Å²) >= 11 is 0. The highest BCUT2D eigenvalue weighted by Gasteiger charge is 2.51. The minimum atomic E-state index is -0.0803. The monoisotopic (exact) mass is 357 g/mol. The first kappa shape index (κ1) is 17.6. The summed E-state index contributed by atoms with van der Waals surface area (Å²) in [5, 5.41) is 7.54. The number of nitrogens with zero attached hydrogens (tertiary/aromatic N) is 4. The Balaban J connectivity index is 1.36. The van der Waals surface area contributed by atoms with Crippen molar-refractivity contribution >= 4 is 6.03 Å². The van der Waals surface area contributed by atoms with Crippen LogP contribution in [0.1, 0.15) is 38.1 Å². The van der Waals surface area contributed by atoms with E-state index in [1.165, 1.54) is 18.5 Å². The average Bonchev–Trinajstić information content (AvgIpc) is 3.01. The van der Waals surface area contributed by atoms with Gasteiger partial charge in [-0.15, -0.1) is 0 Å². The van der Waals surface area contributed by atoms with Gasteiger partial charge in [0.25, 0.3) is 0 Å². The fraction of sp³-hybridized carbons (Fsp3) is 0.700. The summed E-state index contributed by atoms with van der Waals surface area (Å²) in [6, 6.07) is 2.06. The van der Waals surface area contributed by atoms with Crippen molar-refractivity contribution < 1.29 is 4.79 Å². The van der Waals surface area contributed by atoms with E-state index in [0.29, 0.717) is 12.0 Å². The molecule has 0 radical (unpaired) electrons. The van der Waals surface area contributed by atoms with Gasteiger partial charge in [0.05, 0.1) is 24.5 Å². The highest BCUT2D eigenvalue weighted by atomic mass is 16.2. The Morgan fingerprint density at radius 2 is 2.19 bits per heavy atom. The standard InChI is InChI=1S/C20H31N5O/c1-20(2)15-6-5-14(18(20)9-15)12-24-7-8-25-17(13-24)10-16(22-25)11-21-19(26)23(3)4/h5,10,15,18H,6-9,11-13H2,1-4H3,(H,21,26)/t15-,18-/m0/s1. The SMILES string of the molecule is CN(C)C(=O)NCc1cc2n(n1)CCN(CC1=CC[C@H]3C[C@@H]1C3(C)C)C2. The quantitative estimate of drug-likeness (QED) is 0.842. The van der Waals surface area contributed by atoms with Crippen molar-refractivity contribution in [2.75, 3.05) is 27.2 Å². The van der Waals surface area contributed by atoms with E-state index in [4.69, 9.17) is 0 Å². The van der Waals surface area contributed by atoms with Crippen LogP contribution in [-0.4, -0.2) is 52.8 Å². The summed E-state index contributed by atoms with van der Waals surface area (Å²) in [6.07, 6.45) is 5.17. The number of carbonyl (C=O) groups excluding carboxylic acids is 1. The van der Waals surface area contributed by atoms with E-state index in [-0.39, 0.29) is 6.03 Å². The molecule has 0 saturated heterocycles. The molecule has 2 amide bonds. The van der Waals surface area contributed by atoms with Gasteiger partial charge in [-0.25, -0.2) is 4.79 Å². The molecule has 0 spiro atoms. The van der Waals surface area contributed by atoms with Crippen LogP contribution in [0.2, 0.25) is 0 Å². The maximum Gasteiger partial charge on any atom is 0.317 e. The molecule has 0 aromatic carbocycles. The van der Waals surface area contributed by atoms with Gasteiger partial charge >= 0.3 is 6.03 Å². The molecule has 1 aromatic heterocycles. The second kappa shape index (κ2) is 6.41. The van der Waals surface area contributed by atoms with Gasteiger partial charge in [-0.05, 0) is 36.2 Å². The van der Waals surface area contributed by atoms with Crippen molar-refractivity contribution in [1.29, 1.82) is 0 Å². The van der Waals surface area contributed by atoms with Crippen LogP contribution in [0, 0.1) is 17.3 Å². The lowest BCUT2D eigenvalue weighted by Gasteiger charge is -2.57. The third-order valence-electron chi connectivity index (χ3n) is 6.74. The van der Waals surface area contributed by atoms with E-state index in [2.05, 4.69) is 46.0 Å². The van der Waals surface area contributed by atoms with Crippen LogP contribution in [0.15, 0.2) is 17.7 Å². The Labute approximate surface area is 156 Å². The molecule has 3 aliphatic carbocycles. The van der Waals surface area contributed by atoms with Gasteiger partial charge in [0.15, 0.2) is 0 Å². The van der Waals surface area contributed by atoms with Gasteiger partial charge in [-0.3, -0.25) is 9.58 Å². The van der Waals surface area contributed by atoms with E-state index < -0.39 is 0 Å². The van der Waals surface area contributed by atoms with E-state index in [0.717, 1.165) is 43.7 Å². The number of hydrogen-bond acceptors (Lipinski definition) is 3. The van der Waals surface area contributed by atoms with Crippen LogP contribution in [-0.2, 0) is 19.6 Å². The third-order valence-corrected chi connectivity index (χ3v) is 6.74. The number of rotatable bonds is 4. The molecule has 2 atom stereocenters. The largest absolute Gasteiger partial charge is 0.332 e. The summed E-state index contributed by atoms with van der Waals surface area (Å²) in [5.74, 6) is 1.68. The molecule has 5 rings (SSSR count). The Kier molecular flexibility index (Phi) is 4.34. The zero-order valence-corrected chi connectivity index (χ0v) is 16.5. The van der Waals surface area contributed by atoms with Crippen molar-refractivity contribution in [3.8, 4) is 0 Å². The number of urea groups is 1. The minimum Gasteiger partial charge on any atom is -0.332 e. The van der Waals surface area contributed by atoms with E-state index >= 15 is 0 Å². The summed E-state index contributed by atoms with van der Waals surface area (Å²) in [7, 11) is 3.49. The lowest BCUT2D eigenvalue weighted by atomic mass is 9.49. The van der Waals surface area contributed by atoms with E-state index in [9.17, 15) is 4.79 Å². The molecule has 1 N–H and O–H groups in total. The highest BCUT2D eigenvalue weighted by molar-refractivity contribution is 5.73. The van der Waals surface area contributed by atoms with Crippen LogP contribution >= 0.6 is 0 Å². The number of fused-ring (bicyclic) bond motifs is 2. The molecule has 4 aliphatic rings. The Hall–Kier alpha value is -1.82. The second-order valence-electron chi connectivity index (χ2n) is 8.94.